The summed E-state index contributed by atoms with van der Waals surface area (Å²) in [6.45, 7) is 0.541. The Hall–Kier alpha value is -3.26. The average molecular weight is 398 g/mol. The molecule has 0 unspecified atom stereocenters. The summed E-state index contributed by atoms with van der Waals surface area (Å²) in [6, 6.07) is 3.78. The minimum atomic E-state index is -0.151. The van der Waals surface area contributed by atoms with E-state index in [9.17, 15) is 4.79 Å². The third-order valence-electron chi connectivity index (χ3n) is 4.77. The molecule has 0 atom stereocenters. The van der Waals surface area contributed by atoms with Gasteiger partial charge in [0.15, 0.2) is 0 Å². The van der Waals surface area contributed by atoms with Crippen LogP contribution in [0.15, 0.2) is 41.6 Å². The van der Waals surface area contributed by atoms with E-state index in [4.69, 9.17) is 17.3 Å². The van der Waals surface area contributed by atoms with Gasteiger partial charge in [-0.05, 0) is 18.3 Å². The summed E-state index contributed by atoms with van der Waals surface area (Å²) in [7, 11) is 5.40. The lowest BCUT2D eigenvalue weighted by Gasteiger charge is -2.18. The van der Waals surface area contributed by atoms with Gasteiger partial charge in [-0.2, -0.15) is 10.1 Å². The molecule has 8 nitrogen and oxygen atoms in total. The van der Waals surface area contributed by atoms with Gasteiger partial charge in [0.25, 0.3) is 5.56 Å². The lowest BCUT2D eigenvalue weighted by atomic mass is 10.0. The van der Waals surface area contributed by atoms with Crippen LogP contribution in [0.3, 0.4) is 0 Å². The molecule has 3 aromatic heterocycles. The predicted molar refractivity (Wildman–Crippen MR) is 113 cm³/mol. The predicted octanol–water partition coefficient (Wildman–Crippen LogP) is 2.38. The van der Waals surface area contributed by atoms with Gasteiger partial charge in [-0.3, -0.25) is 14.0 Å². The van der Waals surface area contributed by atoms with Gasteiger partial charge in [0.05, 0.1) is 15.9 Å². The van der Waals surface area contributed by atoms with Crippen molar-refractivity contribution in [3.05, 3.63) is 52.2 Å². The largest absolute Gasteiger partial charge is 0.405 e. The first-order valence-electron chi connectivity index (χ1n) is 8.70. The highest BCUT2D eigenvalue weighted by Gasteiger charge is 2.19. The van der Waals surface area contributed by atoms with Crippen molar-refractivity contribution in [2.24, 2.45) is 19.8 Å². The number of aromatic amines is 1. The maximum absolute atomic E-state index is 13.1. The van der Waals surface area contributed by atoms with Crippen LogP contribution >= 0.6 is 11.6 Å². The zero-order valence-electron chi connectivity index (χ0n) is 15.8. The summed E-state index contributed by atoms with van der Waals surface area (Å²) in [6.07, 6.45) is 6.90. The highest BCUT2D eigenvalue weighted by molar-refractivity contribution is 6.38. The van der Waals surface area contributed by atoms with Crippen LogP contribution in [0.25, 0.3) is 33.1 Å². The zero-order valence-corrected chi connectivity index (χ0v) is 16.5. The van der Waals surface area contributed by atoms with Crippen LogP contribution in [0.5, 0.6) is 0 Å². The summed E-state index contributed by atoms with van der Waals surface area (Å²) < 4.78 is 3.24. The molecule has 0 aliphatic rings. The minimum Gasteiger partial charge on any atom is -0.405 e. The van der Waals surface area contributed by atoms with Gasteiger partial charge in [-0.15, -0.1) is 0 Å². The van der Waals surface area contributed by atoms with E-state index in [1.165, 1.54) is 10.8 Å². The highest BCUT2D eigenvalue weighted by atomic mass is 35.5. The minimum absolute atomic E-state index is 0.151. The van der Waals surface area contributed by atoms with Crippen molar-refractivity contribution in [3.8, 4) is 11.1 Å². The molecular formula is C19H20ClN7O. The first-order valence-corrected chi connectivity index (χ1v) is 9.08. The van der Waals surface area contributed by atoms with E-state index < -0.39 is 0 Å². The summed E-state index contributed by atoms with van der Waals surface area (Å²) in [4.78, 5) is 22.7. The van der Waals surface area contributed by atoms with Crippen molar-refractivity contribution in [2.45, 2.75) is 0 Å². The number of nitrogens with two attached hydrogens (primary N) is 1. The van der Waals surface area contributed by atoms with Crippen molar-refractivity contribution >= 4 is 39.5 Å². The number of nitrogens with zero attached hydrogens (tertiary/aromatic N) is 5. The molecule has 0 amide bonds. The first kappa shape index (κ1) is 18.1. The second kappa shape index (κ2) is 6.72. The first-order chi connectivity index (χ1) is 13.4. The van der Waals surface area contributed by atoms with E-state index in [2.05, 4.69) is 15.1 Å². The molecule has 0 bridgehead atoms. The molecule has 0 fully saturated rings. The second-order valence-corrected chi connectivity index (χ2v) is 7.05. The molecule has 4 aromatic rings. The van der Waals surface area contributed by atoms with Crippen molar-refractivity contribution in [2.75, 3.05) is 18.5 Å². The zero-order chi connectivity index (χ0) is 20.0. The monoisotopic (exact) mass is 397 g/mol. The topological polar surface area (TPSA) is 97.8 Å². The Morgan fingerprint density at radius 2 is 2.11 bits per heavy atom. The summed E-state index contributed by atoms with van der Waals surface area (Å²) >= 11 is 6.65. The molecular weight excluding hydrogens is 378 g/mol. The lowest BCUT2D eigenvalue weighted by Crippen LogP contribution is -2.29. The summed E-state index contributed by atoms with van der Waals surface area (Å²) in [5, 5.41) is 6.27. The number of aryl methyl sites for hydroxylation is 1. The fraction of sp³-hybridized carbons (Fsp3) is 0.211. The second-order valence-electron chi connectivity index (χ2n) is 6.67. The Bertz CT molecular complexity index is 1280. The fourth-order valence-corrected chi connectivity index (χ4v) is 3.70. The van der Waals surface area contributed by atoms with Crippen LogP contribution in [0.1, 0.15) is 0 Å². The van der Waals surface area contributed by atoms with Gasteiger partial charge in [0.2, 0.25) is 5.95 Å². The Morgan fingerprint density at radius 1 is 1.32 bits per heavy atom. The van der Waals surface area contributed by atoms with Gasteiger partial charge in [0.1, 0.15) is 5.65 Å². The van der Waals surface area contributed by atoms with Crippen LogP contribution < -0.4 is 16.2 Å². The molecule has 144 valence electrons. The van der Waals surface area contributed by atoms with Crippen molar-refractivity contribution < 1.29 is 0 Å². The maximum Gasteiger partial charge on any atom is 0.264 e. The fourth-order valence-electron chi connectivity index (χ4n) is 3.39. The number of nitrogens with one attached hydrogen (secondary N) is 1. The summed E-state index contributed by atoms with van der Waals surface area (Å²) in [5.41, 5.74) is 8.06. The number of rotatable bonds is 4. The number of halogens is 1. The number of aromatic nitrogens is 5. The van der Waals surface area contributed by atoms with E-state index in [0.717, 1.165) is 22.0 Å². The molecule has 9 heteroatoms. The van der Waals surface area contributed by atoms with Crippen molar-refractivity contribution in [3.63, 3.8) is 0 Å². The Kier molecular flexibility index (Phi) is 4.35. The molecule has 3 N–H and O–H groups in total. The lowest BCUT2D eigenvalue weighted by molar-refractivity contribution is 0.780. The quantitative estimate of drug-likeness (QED) is 0.551. The SMILES string of the molecule is CN(C/C=C/N)c1nc2[nH]cc(-c3ccc4nn(C)cc4c3Cl)c2c(=O)n1C. The van der Waals surface area contributed by atoms with Crippen molar-refractivity contribution in [1.82, 2.24) is 24.3 Å². The number of fused-ring (bicyclic) bond motifs is 2. The molecule has 1 aromatic carbocycles. The average Bonchev–Trinajstić information content (AvgIpc) is 3.26. The Labute approximate surface area is 165 Å². The highest BCUT2D eigenvalue weighted by Crippen LogP contribution is 2.36. The van der Waals surface area contributed by atoms with Crippen LogP contribution in [-0.4, -0.2) is 37.9 Å². The molecule has 4 rings (SSSR count). The third-order valence-corrected chi connectivity index (χ3v) is 5.18. The number of likely N-dealkylation sites (N-methyl/N-ethyl adjacent to an activating group) is 1. The molecule has 28 heavy (non-hydrogen) atoms. The van der Waals surface area contributed by atoms with E-state index in [1.807, 2.05) is 37.3 Å². The maximum atomic E-state index is 13.1. The van der Waals surface area contributed by atoms with Gasteiger partial charge < -0.3 is 15.6 Å². The van der Waals surface area contributed by atoms with Crippen LogP contribution in [0.2, 0.25) is 5.02 Å². The van der Waals surface area contributed by atoms with E-state index in [0.29, 0.717) is 28.5 Å². The summed E-state index contributed by atoms with van der Waals surface area (Å²) in [5.74, 6) is 0.540. The third kappa shape index (κ3) is 2.73. The standard InChI is InChI=1S/C19H20ClN7O/c1-25(8-4-7-21)19-23-17-15(18(28)27(19)3)12(9-22-17)11-5-6-14-13(16(11)20)10-26(2)24-14/h4-7,9-10,22H,8,21H2,1-3H3/b7-4+. The van der Waals surface area contributed by atoms with E-state index in [-0.39, 0.29) is 5.56 Å². The molecule has 3 heterocycles. The smallest absolute Gasteiger partial charge is 0.264 e. The van der Waals surface area contributed by atoms with Crippen LogP contribution in [-0.2, 0) is 14.1 Å². The molecule has 0 saturated heterocycles. The number of anilines is 1. The van der Waals surface area contributed by atoms with Gasteiger partial charge in [0, 0.05) is 56.6 Å². The van der Waals surface area contributed by atoms with Gasteiger partial charge in [-0.25, -0.2) is 0 Å². The Balaban J connectivity index is 1.92. The van der Waals surface area contributed by atoms with Crippen molar-refractivity contribution in [1.29, 1.82) is 0 Å². The normalized spacial score (nSPS) is 11.9. The number of benzene rings is 1. The molecule has 0 aliphatic carbocycles. The van der Waals surface area contributed by atoms with Gasteiger partial charge >= 0.3 is 0 Å². The molecule has 0 spiro atoms. The number of H-pyrrole nitrogens is 1. The molecule has 0 saturated carbocycles. The van der Waals surface area contributed by atoms with E-state index >= 15 is 0 Å². The van der Waals surface area contributed by atoms with E-state index in [1.54, 1.807) is 24.0 Å². The number of hydrogen-bond donors (Lipinski definition) is 2. The molecule has 0 aliphatic heterocycles. The molecule has 0 radical (unpaired) electrons. The van der Waals surface area contributed by atoms with Crippen LogP contribution in [0, 0.1) is 0 Å². The van der Waals surface area contributed by atoms with Gasteiger partial charge in [-0.1, -0.05) is 17.7 Å². The Morgan fingerprint density at radius 3 is 2.86 bits per heavy atom. The van der Waals surface area contributed by atoms with Crippen LogP contribution in [0.4, 0.5) is 5.95 Å². The number of hydrogen-bond acceptors (Lipinski definition) is 5.